The fraction of sp³-hybridized carbons (Fsp3) is 0.438. The van der Waals surface area contributed by atoms with E-state index in [1.54, 1.807) is 23.1 Å². The normalized spacial score (nSPS) is 16.2. The fourth-order valence-electron chi connectivity index (χ4n) is 2.61. The van der Waals surface area contributed by atoms with E-state index in [1.807, 2.05) is 24.1 Å². The molecule has 2 heterocycles. The van der Waals surface area contributed by atoms with Crippen molar-refractivity contribution in [3.05, 3.63) is 30.3 Å². The topological polar surface area (TPSA) is 49.3 Å². The molecule has 1 aliphatic heterocycles. The highest BCUT2D eigenvalue weighted by Gasteiger charge is 2.26. The number of anilines is 1. The first-order valence-corrected chi connectivity index (χ1v) is 10.7. The number of rotatable bonds is 5. The van der Waals surface area contributed by atoms with Crippen LogP contribution in [-0.4, -0.2) is 58.7 Å². The summed E-state index contributed by atoms with van der Waals surface area (Å²) < 4.78 is 1.80. The van der Waals surface area contributed by atoms with E-state index in [2.05, 4.69) is 39.4 Å². The Balaban J connectivity index is 1.52. The van der Waals surface area contributed by atoms with Gasteiger partial charge in [0, 0.05) is 31.9 Å². The van der Waals surface area contributed by atoms with E-state index in [-0.39, 0.29) is 11.2 Å². The quantitative estimate of drug-likeness (QED) is 0.743. The molecule has 8 heteroatoms. The third-order valence-corrected chi connectivity index (χ3v) is 6.97. The van der Waals surface area contributed by atoms with Crippen LogP contribution in [0.5, 0.6) is 0 Å². The van der Waals surface area contributed by atoms with Crippen LogP contribution in [0.1, 0.15) is 6.92 Å². The van der Waals surface area contributed by atoms with Gasteiger partial charge in [-0.15, -0.1) is 10.2 Å². The molecule has 2 aromatic rings. The van der Waals surface area contributed by atoms with Crippen LogP contribution >= 0.6 is 34.9 Å². The summed E-state index contributed by atoms with van der Waals surface area (Å²) in [6.07, 6.45) is 1.98. The molecule has 1 aromatic heterocycles. The second-order valence-corrected chi connectivity index (χ2v) is 9.06. The Morgan fingerprint density at radius 3 is 2.42 bits per heavy atom. The number of thioether (sulfide) groups is 2. The predicted octanol–water partition coefficient (Wildman–Crippen LogP) is 3.09. The zero-order chi connectivity index (χ0) is 16.9. The Hall–Kier alpha value is -1.25. The van der Waals surface area contributed by atoms with E-state index < -0.39 is 0 Å². The molecule has 1 saturated heterocycles. The van der Waals surface area contributed by atoms with Crippen LogP contribution in [0.2, 0.25) is 0 Å². The van der Waals surface area contributed by atoms with Crippen molar-refractivity contribution in [2.24, 2.45) is 0 Å². The van der Waals surface area contributed by atoms with Crippen LogP contribution in [0.4, 0.5) is 5.69 Å². The summed E-state index contributed by atoms with van der Waals surface area (Å²) in [5.41, 5.74) is 1.23. The number of aromatic nitrogens is 2. The highest BCUT2D eigenvalue weighted by atomic mass is 32.2. The van der Waals surface area contributed by atoms with Gasteiger partial charge in [0.05, 0.1) is 5.25 Å². The van der Waals surface area contributed by atoms with Gasteiger partial charge < -0.3 is 9.80 Å². The standard InChI is InChI=1S/C16H20N4OS3/c1-12(23-16-18-17-15(22-2)24-16)14(21)20-10-8-19(9-11-20)13-6-4-3-5-7-13/h3-7,12H,8-11H2,1-2H3. The Labute approximate surface area is 154 Å². The van der Waals surface area contributed by atoms with E-state index in [0.29, 0.717) is 0 Å². The van der Waals surface area contributed by atoms with Gasteiger partial charge in [0.25, 0.3) is 0 Å². The number of carbonyl (C=O) groups is 1. The van der Waals surface area contributed by atoms with E-state index in [4.69, 9.17) is 0 Å². The van der Waals surface area contributed by atoms with E-state index in [0.717, 1.165) is 34.9 Å². The van der Waals surface area contributed by atoms with Crippen LogP contribution in [0.3, 0.4) is 0 Å². The van der Waals surface area contributed by atoms with Crippen molar-refractivity contribution < 1.29 is 4.79 Å². The molecule has 0 saturated carbocycles. The van der Waals surface area contributed by atoms with Crippen LogP contribution in [0.25, 0.3) is 0 Å². The number of hydrogen-bond donors (Lipinski definition) is 0. The summed E-state index contributed by atoms with van der Waals surface area (Å²) in [6.45, 7) is 5.25. The first-order valence-electron chi connectivity index (χ1n) is 7.80. The van der Waals surface area contributed by atoms with Gasteiger partial charge in [-0.2, -0.15) is 0 Å². The molecule has 1 fully saturated rings. The molecule has 0 aliphatic carbocycles. The minimum Gasteiger partial charge on any atom is -0.368 e. The number of para-hydroxylation sites is 1. The third-order valence-electron chi connectivity index (χ3n) is 3.90. The summed E-state index contributed by atoms with van der Waals surface area (Å²) in [5, 5.41) is 8.09. The second kappa shape index (κ2) is 8.22. The van der Waals surface area contributed by atoms with Gasteiger partial charge in [-0.25, -0.2) is 0 Å². The zero-order valence-corrected chi connectivity index (χ0v) is 16.2. The lowest BCUT2D eigenvalue weighted by molar-refractivity contribution is -0.130. The molecule has 24 heavy (non-hydrogen) atoms. The largest absolute Gasteiger partial charge is 0.368 e. The van der Waals surface area contributed by atoms with Gasteiger partial charge in [-0.1, -0.05) is 53.1 Å². The molecule has 1 aliphatic rings. The number of benzene rings is 1. The molecule has 0 radical (unpaired) electrons. The van der Waals surface area contributed by atoms with Gasteiger partial charge in [0.1, 0.15) is 0 Å². The van der Waals surface area contributed by atoms with Crippen molar-refractivity contribution in [2.75, 3.05) is 37.3 Å². The highest BCUT2D eigenvalue weighted by Crippen LogP contribution is 2.31. The lowest BCUT2D eigenvalue weighted by Crippen LogP contribution is -2.50. The molecule has 0 spiro atoms. The minimum atomic E-state index is -0.129. The summed E-state index contributed by atoms with van der Waals surface area (Å²) in [6, 6.07) is 10.4. The molecular weight excluding hydrogens is 360 g/mol. The molecular formula is C16H20N4OS3. The maximum Gasteiger partial charge on any atom is 0.235 e. The van der Waals surface area contributed by atoms with Crippen LogP contribution < -0.4 is 4.90 Å². The van der Waals surface area contributed by atoms with Gasteiger partial charge in [-0.05, 0) is 25.3 Å². The molecule has 1 aromatic carbocycles. The van der Waals surface area contributed by atoms with Gasteiger partial charge >= 0.3 is 0 Å². The second-order valence-electron chi connectivity index (χ2n) is 5.45. The van der Waals surface area contributed by atoms with Crippen LogP contribution in [0.15, 0.2) is 39.0 Å². The molecule has 1 unspecified atom stereocenters. The molecule has 5 nitrogen and oxygen atoms in total. The van der Waals surface area contributed by atoms with Crippen LogP contribution in [-0.2, 0) is 4.79 Å². The molecule has 128 valence electrons. The van der Waals surface area contributed by atoms with Crippen molar-refractivity contribution in [3.8, 4) is 0 Å². The number of piperazine rings is 1. The Bertz CT molecular complexity index is 671. The third kappa shape index (κ3) is 4.23. The van der Waals surface area contributed by atoms with Crippen molar-refractivity contribution in [1.82, 2.24) is 15.1 Å². The minimum absolute atomic E-state index is 0.129. The first kappa shape index (κ1) is 17.6. The summed E-state index contributed by atoms with van der Waals surface area (Å²) in [5.74, 6) is 0.189. The average Bonchev–Trinajstić information content (AvgIpc) is 3.09. The highest BCUT2D eigenvalue weighted by molar-refractivity contribution is 8.03. The number of amides is 1. The Morgan fingerprint density at radius 2 is 1.79 bits per heavy atom. The summed E-state index contributed by atoms with van der Waals surface area (Å²) in [4.78, 5) is 17.0. The first-order chi connectivity index (χ1) is 11.7. The summed E-state index contributed by atoms with van der Waals surface area (Å²) >= 11 is 4.64. The van der Waals surface area contributed by atoms with Crippen molar-refractivity contribution in [1.29, 1.82) is 0 Å². The van der Waals surface area contributed by atoms with Crippen LogP contribution in [0, 0.1) is 0 Å². The Kier molecular flexibility index (Phi) is 6.02. The maximum absolute atomic E-state index is 12.7. The predicted molar refractivity (Wildman–Crippen MR) is 102 cm³/mol. The fourth-order valence-corrected chi connectivity index (χ4v) is 5.28. The monoisotopic (exact) mass is 380 g/mol. The molecule has 1 atom stereocenters. The molecule has 3 rings (SSSR count). The smallest absolute Gasteiger partial charge is 0.235 e. The van der Waals surface area contributed by atoms with Crippen molar-refractivity contribution in [3.63, 3.8) is 0 Å². The molecule has 0 N–H and O–H groups in total. The summed E-state index contributed by atoms with van der Waals surface area (Å²) in [7, 11) is 0. The Morgan fingerprint density at radius 1 is 1.12 bits per heavy atom. The van der Waals surface area contributed by atoms with E-state index >= 15 is 0 Å². The molecule has 1 amide bonds. The average molecular weight is 381 g/mol. The van der Waals surface area contributed by atoms with E-state index in [1.165, 1.54) is 17.4 Å². The number of hydrogen-bond acceptors (Lipinski definition) is 7. The lowest BCUT2D eigenvalue weighted by Gasteiger charge is -2.37. The van der Waals surface area contributed by atoms with Crippen molar-refractivity contribution in [2.45, 2.75) is 20.9 Å². The number of nitrogens with zero attached hydrogens (tertiary/aromatic N) is 4. The lowest BCUT2D eigenvalue weighted by atomic mass is 10.2. The van der Waals surface area contributed by atoms with Crippen molar-refractivity contribution >= 4 is 46.5 Å². The maximum atomic E-state index is 12.7. The van der Waals surface area contributed by atoms with E-state index in [9.17, 15) is 4.79 Å². The van der Waals surface area contributed by atoms with Gasteiger partial charge in [0.2, 0.25) is 5.91 Å². The molecule has 0 bridgehead atoms. The van der Waals surface area contributed by atoms with Gasteiger partial charge in [-0.3, -0.25) is 4.79 Å². The number of carbonyl (C=O) groups excluding carboxylic acids is 1. The SMILES string of the molecule is CSc1nnc(SC(C)C(=O)N2CCN(c3ccccc3)CC2)s1. The van der Waals surface area contributed by atoms with Gasteiger partial charge in [0.15, 0.2) is 8.68 Å². The zero-order valence-electron chi connectivity index (χ0n) is 13.7.